The van der Waals surface area contributed by atoms with Crippen LogP contribution in [0.4, 0.5) is 21.5 Å². The Hall–Kier alpha value is -3.62. The molecule has 3 aromatic carbocycles. The molecule has 3 N–H and O–H groups in total. The minimum absolute atomic E-state index is 0.105. The monoisotopic (exact) mass is 555 g/mol. The van der Waals surface area contributed by atoms with Crippen molar-refractivity contribution in [3.8, 4) is 0 Å². The van der Waals surface area contributed by atoms with E-state index >= 15 is 4.39 Å². The molecule has 0 saturated carbocycles. The SMILES string of the molecule is CN(C)c1cc(Cl)cc(C(=O)Nc2ccc(Cl)cc2)c1NC(=O)c1ccc(C(=N)N2CCCCC2)cc1F. The topological polar surface area (TPSA) is 88.5 Å². The lowest BCUT2D eigenvalue weighted by Crippen LogP contribution is -2.35. The summed E-state index contributed by atoms with van der Waals surface area (Å²) in [6.07, 6.45) is 3.11. The van der Waals surface area contributed by atoms with E-state index in [4.69, 9.17) is 28.6 Å². The van der Waals surface area contributed by atoms with Gasteiger partial charge in [-0.2, -0.15) is 0 Å². The van der Waals surface area contributed by atoms with E-state index in [2.05, 4.69) is 10.6 Å². The number of anilines is 3. The Kier molecular flexibility index (Phi) is 8.54. The summed E-state index contributed by atoms with van der Waals surface area (Å²) in [5, 5.41) is 14.7. The van der Waals surface area contributed by atoms with Gasteiger partial charge in [0, 0.05) is 48.5 Å². The molecule has 0 aliphatic carbocycles. The van der Waals surface area contributed by atoms with E-state index < -0.39 is 17.6 Å². The number of nitrogens with zero attached hydrogens (tertiary/aromatic N) is 2. The summed E-state index contributed by atoms with van der Waals surface area (Å²) in [6.45, 7) is 1.51. The second-order valence-electron chi connectivity index (χ2n) is 9.25. The largest absolute Gasteiger partial charge is 0.376 e. The van der Waals surface area contributed by atoms with E-state index in [-0.39, 0.29) is 22.6 Å². The van der Waals surface area contributed by atoms with Crippen LogP contribution >= 0.6 is 23.2 Å². The van der Waals surface area contributed by atoms with Gasteiger partial charge < -0.3 is 20.4 Å². The molecule has 1 aliphatic rings. The van der Waals surface area contributed by atoms with Crippen LogP contribution in [-0.2, 0) is 0 Å². The average molecular weight is 556 g/mol. The third kappa shape index (κ3) is 6.26. The van der Waals surface area contributed by atoms with Crippen molar-refractivity contribution in [2.75, 3.05) is 42.7 Å². The number of hydrogen-bond acceptors (Lipinski definition) is 4. The Balaban J connectivity index is 1.62. The molecule has 10 heteroatoms. The van der Waals surface area contributed by atoms with Gasteiger partial charge in [0.05, 0.1) is 22.5 Å². The molecule has 0 spiro atoms. The molecule has 4 rings (SSSR count). The van der Waals surface area contributed by atoms with Gasteiger partial charge in [0.25, 0.3) is 11.8 Å². The maximum atomic E-state index is 15.1. The summed E-state index contributed by atoms with van der Waals surface area (Å²) in [5.74, 6) is -1.76. The van der Waals surface area contributed by atoms with Crippen molar-refractivity contribution in [1.82, 2.24) is 4.90 Å². The Morgan fingerprint density at radius 1 is 0.868 bits per heavy atom. The number of carbonyl (C=O) groups excluding carboxylic acids is 2. The molecule has 1 aliphatic heterocycles. The van der Waals surface area contributed by atoms with Gasteiger partial charge >= 0.3 is 0 Å². The summed E-state index contributed by atoms with van der Waals surface area (Å²) in [7, 11) is 3.48. The molecule has 0 radical (unpaired) electrons. The first-order valence-electron chi connectivity index (χ1n) is 12.2. The highest BCUT2D eigenvalue weighted by Gasteiger charge is 2.23. The van der Waals surface area contributed by atoms with Gasteiger partial charge in [-0.3, -0.25) is 15.0 Å². The zero-order valence-corrected chi connectivity index (χ0v) is 22.6. The molecule has 0 aromatic heterocycles. The highest BCUT2D eigenvalue weighted by atomic mass is 35.5. The Bertz CT molecular complexity index is 1370. The van der Waals surface area contributed by atoms with Crippen LogP contribution in [0.1, 0.15) is 45.5 Å². The molecule has 0 unspecified atom stereocenters. The number of likely N-dealkylation sites (tertiary alicyclic amines) is 1. The van der Waals surface area contributed by atoms with Crippen molar-refractivity contribution < 1.29 is 14.0 Å². The number of halogens is 3. The van der Waals surface area contributed by atoms with Crippen molar-refractivity contribution in [3.05, 3.63) is 87.2 Å². The number of nitrogens with one attached hydrogen (secondary N) is 3. The molecule has 38 heavy (non-hydrogen) atoms. The summed E-state index contributed by atoms with van der Waals surface area (Å²) in [5.41, 5.74) is 1.46. The van der Waals surface area contributed by atoms with Crippen LogP contribution in [0, 0.1) is 11.2 Å². The number of piperidine rings is 1. The Morgan fingerprint density at radius 3 is 2.16 bits per heavy atom. The van der Waals surface area contributed by atoms with Crippen LogP contribution < -0.4 is 15.5 Å². The summed E-state index contributed by atoms with van der Waals surface area (Å²) in [6, 6.07) is 13.7. The van der Waals surface area contributed by atoms with E-state index in [0.717, 1.165) is 32.4 Å². The number of rotatable bonds is 6. The normalized spacial score (nSPS) is 13.1. The predicted octanol–water partition coefficient (Wildman–Crippen LogP) is 6.51. The second kappa shape index (κ2) is 11.8. The van der Waals surface area contributed by atoms with Crippen molar-refractivity contribution in [3.63, 3.8) is 0 Å². The van der Waals surface area contributed by atoms with Gasteiger partial charge in [0.2, 0.25) is 0 Å². The average Bonchev–Trinajstić information content (AvgIpc) is 2.90. The Morgan fingerprint density at radius 2 is 1.53 bits per heavy atom. The van der Waals surface area contributed by atoms with Crippen LogP contribution in [-0.4, -0.2) is 49.7 Å². The lowest BCUT2D eigenvalue weighted by molar-refractivity contribution is 0.102. The first-order chi connectivity index (χ1) is 18.1. The molecule has 1 heterocycles. The number of amidine groups is 1. The van der Waals surface area contributed by atoms with Crippen LogP contribution in [0.2, 0.25) is 10.0 Å². The first kappa shape index (κ1) is 27.4. The maximum absolute atomic E-state index is 15.1. The molecule has 0 bridgehead atoms. The van der Waals surface area contributed by atoms with Crippen molar-refractivity contribution in [1.29, 1.82) is 5.41 Å². The fourth-order valence-corrected chi connectivity index (χ4v) is 4.65. The van der Waals surface area contributed by atoms with Gasteiger partial charge in [0.15, 0.2) is 0 Å². The molecule has 7 nitrogen and oxygen atoms in total. The quantitative estimate of drug-likeness (QED) is 0.239. The van der Waals surface area contributed by atoms with Gasteiger partial charge in [-0.15, -0.1) is 0 Å². The van der Waals surface area contributed by atoms with Gasteiger partial charge in [0.1, 0.15) is 11.7 Å². The highest BCUT2D eigenvalue weighted by Crippen LogP contribution is 2.34. The third-order valence-corrected chi connectivity index (χ3v) is 6.78. The highest BCUT2D eigenvalue weighted by molar-refractivity contribution is 6.32. The minimum Gasteiger partial charge on any atom is -0.376 e. The predicted molar refractivity (Wildman–Crippen MR) is 152 cm³/mol. The molecule has 3 aromatic rings. The van der Waals surface area contributed by atoms with Crippen molar-refractivity contribution in [2.24, 2.45) is 0 Å². The smallest absolute Gasteiger partial charge is 0.258 e. The maximum Gasteiger partial charge on any atom is 0.258 e. The van der Waals surface area contributed by atoms with Crippen LogP contribution in [0.15, 0.2) is 54.6 Å². The zero-order chi connectivity index (χ0) is 27.4. The van der Waals surface area contributed by atoms with E-state index in [1.54, 1.807) is 55.4 Å². The molecule has 1 saturated heterocycles. The fourth-order valence-electron chi connectivity index (χ4n) is 4.31. The van der Waals surface area contributed by atoms with Gasteiger partial charge in [-0.1, -0.05) is 29.3 Å². The lowest BCUT2D eigenvalue weighted by atomic mass is 10.1. The number of benzene rings is 3. The van der Waals surface area contributed by atoms with Crippen LogP contribution in [0.25, 0.3) is 0 Å². The number of amides is 2. The Labute approximate surface area is 231 Å². The van der Waals surface area contributed by atoms with Crippen LogP contribution in [0.3, 0.4) is 0 Å². The molecular formula is C28H28Cl2FN5O2. The van der Waals surface area contributed by atoms with E-state index in [0.29, 0.717) is 27.0 Å². The summed E-state index contributed by atoms with van der Waals surface area (Å²) >= 11 is 12.2. The second-order valence-corrected chi connectivity index (χ2v) is 10.1. The molecule has 2 amide bonds. The molecule has 0 atom stereocenters. The lowest BCUT2D eigenvalue weighted by Gasteiger charge is -2.29. The third-order valence-electron chi connectivity index (χ3n) is 6.31. The number of carbonyl (C=O) groups is 2. The van der Waals surface area contributed by atoms with Crippen molar-refractivity contribution >= 4 is 57.9 Å². The number of hydrogen-bond donors (Lipinski definition) is 3. The van der Waals surface area contributed by atoms with Gasteiger partial charge in [-0.25, -0.2) is 4.39 Å². The molecular weight excluding hydrogens is 528 g/mol. The zero-order valence-electron chi connectivity index (χ0n) is 21.1. The summed E-state index contributed by atoms with van der Waals surface area (Å²) in [4.78, 5) is 30.1. The molecule has 198 valence electrons. The van der Waals surface area contributed by atoms with Crippen LogP contribution in [0.5, 0.6) is 0 Å². The standard InChI is InChI=1S/C28H28Cl2FN5O2/c1-35(2)24-16-19(30)15-22(28(38)33-20-9-7-18(29)8-10-20)25(24)34-27(37)21-11-6-17(14-23(21)31)26(32)36-12-4-3-5-13-36/h6-11,14-16,32H,3-5,12-13H2,1-2H3,(H,33,38)(H,34,37). The van der Waals surface area contributed by atoms with Crippen molar-refractivity contribution in [2.45, 2.75) is 19.3 Å². The van der Waals surface area contributed by atoms with Gasteiger partial charge in [-0.05, 0) is 67.8 Å². The van der Waals surface area contributed by atoms with E-state index in [1.807, 2.05) is 4.90 Å². The summed E-state index contributed by atoms with van der Waals surface area (Å²) < 4.78 is 15.1. The first-order valence-corrected chi connectivity index (χ1v) is 12.9. The van der Waals surface area contributed by atoms with E-state index in [9.17, 15) is 9.59 Å². The fraction of sp³-hybridized carbons (Fsp3) is 0.250. The minimum atomic E-state index is -0.755. The van der Waals surface area contributed by atoms with E-state index in [1.165, 1.54) is 18.2 Å². The molecule has 1 fully saturated rings.